The first-order valence-electron chi connectivity index (χ1n) is 21.2. The van der Waals surface area contributed by atoms with Crippen LogP contribution in [0.3, 0.4) is 0 Å². The molecule has 5 fully saturated rings. The third-order valence-corrected chi connectivity index (χ3v) is 12.1. The van der Waals surface area contributed by atoms with Crippen LogP contribution in [-0.2, 0) is 57.0 Å². The summed E-state index contributed by atoms with van der Waals surface area (Å²) < 4.78 is 50.7. The molecule has 0 saturated carbocycles. The normalized spacial score (nSPS) is 46.6. The van der Waals surface area contributed by atoms with E-state index in [1.165, 1.54) is 0 Å². The Kier molecular flexibility index (Phi) is 19.7. The van der Waals surface area contributed by atoms with Crippen molar-refractivity contribution in [3.63, 3.8) is 0 Å². The molecule has 5 heterocycles. The summed E-state index contributed by atoms with van der Waals surface area (Å²) in [5.74, 6) is -6.96. The Morgan fingerprint density at radius 2 is 1.03 bits per heavy atom. The summed E-state index contributed by atoms with van der Waals surface area (Å²) in [5.41, 5.74) is 0. The molecule has 2 amide bonds. The van der Waals surface area contributed by atoms with E-state index in [1.807, 2.05) is 0 Å². The van der Waals surface area contributed by atoms with Crippen LogP contribution in [0.15, 0.2) is 0 Å². The van der Waals surface area contributed by atoms with Gasteiger partial charge in [0.25, 0.3) is 5.79 Å². The van der Waals surface area contributed by atoms with E-state index in [-0.39, 0.29) is 0 Å². The third kappa shape index (κ3) is 11.8. The quantitative estimate of drug-likeness (QED) is 0.0606. The highest BCUT2D eigenvalue weighted by atomic mass is 16.8. The van der Waals surface area contributed by atoms with Crippen molar-refractivity contribution in [1.29, 1.82) is 0 Å². The SMILES string of the molecule is CC(=O)N[C@H]1[C@H](O[C@@H]2[C@H](O)[C@@H](O)C(O[C@H]3[C@H](O)[C@@H](O)C(O)O[C@@H]3CO)O[C@@H]2CO)O[C@H](CO)[C@H](O)[C@@H]1O[C@@H]1O[C@H](CO)[C@H](O)[C@H](O[C@]2(C(=O)O)C[C@H](O)[C@@H](NC(C)=O)[C@H]([C@H](O)[C@H](O)CO)O2)[C@H]1O. The molecule has 5 saturated heterocycles. The average Bonchev–Trinajstić information content (AvgIpc) is 3.29. The zero-order chi connectivity index (χ0) is 50.7. The van der Waals surface area contributed by atoms with Gasteiger partial charge in [-0.25, -0.2) is 4.79 Å². The van der Waals surface area contributed by atoms with Crippen LogP contribution in [0.2, 0.25) is 0 Å². The van der Waals surface area contributed by atoms with Crippen molar-refractivity contribution in [3.8, 4) is 0 Å². The molecule has 5 aliphatic heterocycles. The lowest BCUT2D eigenvalue weighted by Crippen LogP contribution is -2.71. The van der Waals surface area contributed by atoms with Crippen molar-refractivity contribution in [2.75, 3.05) is 33.0 Å². The fraction of sp³-hybridized carbons (Fsp3) is 0.919. The number of aliphatic hydroxyl groups excluding tert-OH is 16. The van der Waals surface area contributed by atoms with Crippen LogP contribution in [0.25, 0.3) is 0 Å². The molecule has 0 aromatic rings. The van der Waals surface area contributed by atoms with E-state index < -0.39 is 216 Å². The number of carboxylic acid groups (broad SMARTS) is 1. The maximum absolute atomic E-state index is 13.0. The molecule has 31 heteroatoms. The van der Waals surface area contributed by atoms with Crippen LogP contribution in [0.5, 0.6) is 0 Å². The number of hydrogen-bond acceptors (Lipinski definition) is 28. The molecule has 2 unspecified atom stereocenters. The number of hydrogen-bond donors (Lipinski definition) is 19. The maximum Gasteiger partial charge on any atom is 0.364 e. The molecule has 19 N–H and O–H groups in total. The van der Waals surface area contributed by atoms with E-state index in [2.05, 4.69) is 10.6 Å². The number of carbonyl (C=O) groups is 3. The molecule has 0 aromatic carbocycles. The van der Waals surface area contributed by atoms with E-state index in [0.29, 0.717) is 0 Å². The largest absolute Gasteiger partial charge is 0.477 e. The van der Waals surface area contributed by atoms with Gasteiger partial charge in [-0.1, -0.05) is 0 Å². The number of aliphatic hydroxyl groups is 16. The maximum atomic E-state index is 13.0. The summed E-state index contributed by atoms with van der Waals surface area (Å²) >= 11 is 0. The number of ether oxygens (including phenoxy) is 9. The Balaban J connectivity index is 1.42. The lowest BCUT2D eigenvalue weighted by atomic mass is 9.88. The average molecular weight is 999 g/mol. The first-order valence-corrected chi connectivity index (χ1v) is 21.2. The number of carbonyl (C=O) groups excluding carboxylic acids is 2. The molecule has 0 spiro atoms. The highest BCUT2D eigenvalue weighted by Crippen LogP contribution is 2.39. The van der Waals surface area contributed by atoms with Crippen molar-refractivity contribution in [2.45, 2.75) is 179 Å². The van der Waals surface area contributed by atoms with Crippen LogP contribution < -0.4 is 10.6 Å². The molecule has 68 heavy (non-hydrogen) atoms. The van der Waals surface area contributed by atoms with Gasteiger partial charge in [-0.15, -0.1) is 0 Å². The number of amides is 2. The van der Waals surface area contributed by atoms with Gasteiger partial charge in [-0.2, -0.15) is 0 Å². The molecule has 26 atom stereocenters. The van der Waals surface area contributed by atoms with Gasteiger partial charge in [0, 0.05) is 20.3 Å². The summed E-state index contributed by atoms with van der Waals surface area (Å²) in [6.45, 7) is -3.25. The van der Waals surface area contributed by atoms with Gasteiger partial charge in [0.2, 0.25) is 11.8 Å². The van der Waals surface area contributed by atoms with Crippen LogP contribution in [0, 0.1) is 0 Å². The van der Waals surface area contributed by atoms with Gasteiger partial charge in [0.15, 0.2) is 25.2 Å². The zero-order valence-corrected chi connectivity index (χ0v) is 36.2. The summed E-state index contributed by atoms with van der Waals surface area (Å²) in [7, 11) is 0. The first-order chi connectivity index (χ1) is 32.0. The highest BCUT2D eigenvalue weighted by Gasteiger charge is 2.61. The molecule has 31 nitrogen and oxygen atoms in total. The smallest absolute Gasteiger partial charge is 0.364 e. The predicted molar refractivity (Wildman–Crippen MR) is 207 cm³/mol. The number of rotatable bonds is 18. The fourth-order valence-corrected chi connectivity index (χ4v) is 8.54. The molecular formula is C37H62N2O29. The van der Waals surface area contributed by atoms with E-state index in [0.717, 1.165) is 13.8 Å². The Morgan fingerprint density at radius 1 is 0.574 bits per heavy atom. The summed E-state index contributed by atoms with van der Waals surface area (Å²) in [6, 6.07) is -3.47. The lowest BCUT2D eigenvalue weighted by Gasteiger charge is -2.51. The van der Waals surface area contributed by atoms with E-state index in [4.69, 9.17) is 42.6 Å². The van der Waals surface area contributed by atoms with E-state index >= 15 is 0 Å². The predicted octanol–water partition coefficient (Wildman–Crippen LogP) is -12.4. The standard InChI is InChI=1S/C37H62N2O29/c1-9(45)38-17-11(47)3-37(36(58)59,67-30(17)19(49)12(48)4-40)68-31-21(51)14(6-42)62-35(26(31)56)66-29-18(39-10(2)46)33(61-13(5-41)20(29)50)64-28-16(8-44)63-34(25(55)23(28)53)65-27-15(7-43)60-32(57)24(54)22(27)52/h11-35,40-44,47-57H,3-8H2,1-2H3,(H,38,45)(H,39,46)(H,58,59)/t11-,12+,13+,14+,15+,16+,17+,18+,19+,20-,21-,22+,23+,24+,25+,26+,27+,28-,29+,30+,31-,32?,33-,34?,35-,37-/m0/s1. The van der Waals surface area contributed by atoms with Gasteiger partial charge in [-0.3, -0.25) is 9.59 Å². The van der Waals surface area contributed by atoms with Crippen LogP contribution >= 0.6 is 0 Å². The fourth-order valence-electron chi connectivity index (χ4n) is 8.54. The summed E-state index contributed by atoms with van der Waals surface area (Å²) in [6.07, 6.45) is -47.1. The molecule has 0 aliphatic carbocycles. The number of aliphatic carboxylic acids is 1. The van der Waals surface area contributed by atoms with E-state index in [9.17, 15) is 101 Å². The van der Waals surface area contributed by atoms with Crippen LogP contribution in [-0.4, -0.2) is 297 Å². The molecule has 0 bridgehead atoms. The minimum atomic E-state index is -3.18. The van der Waals surface area contributed by atoms with Gasteiger partial charge in [0.05, 0.1) is 45.2 Å². The summed E-state index contributed by atoms with van der Waals surface area (Å²) in [4.78, 5) is 37.6. The summed E-state index contributed by atoms with van der Waals surface area (Å²) in [5, 5.41) is 185. The second-order valence-electron chi connectivity index (χ2n) is 16.8. The molecule has 0 radical (unpaired) electrons. The van der Waals surface area contributed by atoms with Crippen molar-refractivity contribution in [2.24, 2.45) is 0 Å². The second-order valence-corrected chi connectivity index (χ2v) is 16.8. The number of nitrogens with one attached hydrogen (secondary N) is 2. The molecule has 394 valence electrons. The minimum absolute atomic E-state index is 0.815. The van der Waals surface area contributed by atoms with Gasteiger partial charge in [-0.05, 0) is 0 Å². The van der Waals surface area contributed by atoms with Crippen molar-refractivity contribution in [3.05, 3.63) is 0 Å². The van der Waals surface area contributed by atoms with Crippen LogP contribution in [0.4, 0.5) is 0 Å². The molecule has 5 aliphatic rings. The molecule has 0 aromatic heterocycles. The van der Waals surface area contributed by atoms with Crippen molar-refractivity contribution >= 4 is 17.8 Å². The second kappa shape index (κ2) is 23.8. The molecule has 5 rings (SSSR count). The van der Waals surface area contributed by atoms with Gasteiger partial charge in [0.1, 0.15) is 116 Å². The van der Waals surface area contributed by atoms with Crippen molar-refractivity contribution < 1.29 is 144 Å². The topological polar surface area (TPSA) is 502 Å². The van der Waals surface area contributed by atoms with Gasteiger partial charge < -0.3 is 140 Å². The molecular weight excluding hydrogens is 936 g/mol. The minimum Gasteiger partial charge on any atom is -0.477 e. The van der Waals surface area contributed by atoms with Gasteiger partial charge >= 0.3 is 5.97 Å². The third-order valence-electron chi connectivity index (χ3n) is 12.1. The van der Waals surface area contributed by atoms with Crippen molar-refractivity contribution in [1.82, 2.24) is 10.6 Å². The Labute approximate surface area is 384 Å². The Bertz CT molecular complexity index is 1650. The first kappa shape index (κ1) is 56.3. The van der Waals surface area contributed by atoms with E-state index in [1.54, 1.807) is 0 Å². The Hall–Kier alpha value is -2.59. The zero-order valence-electron chi connectivity index (χ0n) is 36.2. The monoisotopic (exact) mass is 998 g/mol. The number of carboxylic acids is 1. The van der Waals surface area contributed by atoms with Crippen LogP contribution in [0.1, 0.15) is 20.3 Å². The highest BCUT2D eigenvalue weighted by molar-refractivity contribution is 5.76. The Morgan fingerprint density at radius 3 is 1.56 bits per heavy atom. The lowest BCUT2D eigenvalue weighted by molar-refractivity contribution is -0.388.